The third-order valence-corrected chi connectivity index (χ3v) is 4.21. The predicted octanol–water partition coefficient (Wildman–Crippen LogP) is -4.59. The van der Waals surface area contributed by atoms with E-state index < -0.39 is 58.5 Å². The standard InChI is InChI=1S/C14H18N2O11S.Na/c1-7(18)15-11-12(19)13(27-28(22,23)24)10(6-17)26-14(11)25-9-4-2-8(3-5-9)16(20)21;/h2-5,10-14,17,19H,6H2,1H3,(H,15,18)(H,22,23,24);/q;+1/p-1/t10-,11-,12-,13+,14-;/m1./s1. The number of carbonyl (C=O) groups excluding carboxylic acids is 1. The quantitative estimate of drug-likeness (QED) is 0.120. The summed E-state index contributed by atoms with van der Waals surface area (Å²) in [5.41, 5.74) is -0.210. The molecule has 15 heteroatoms. The second kappa shape index (κ2) is 10.6. The molecule has 0 aliphatic carbocycles. The summed E-state index contributed by atoms with van der Waals surface area (Å²) in [4.78, 5) is 21.5. The van der Waals surface area contributed by atoms with E-state index in [9.17, 15) is 38.1 Å². The van der Waals surface area contributed by atoms with E-state index in [0.717, 1.165) is 19.1 Å². The summed E-state index contributed by atoms with van der Waals surface area (Å²) in [6.07, 6.45) is -6.53. The van der Waals surface area contributed by atoms with Crippen molar-refractivity contribution in [3.8, 4) is 5.75 Å². The molecule has 1 aromatic carbocycles. The Balaban J connectivity index is 0.00000420. The largest absolute Gasteiger partial charge is 1.00 e. The summed E-state index contributed by atoms with van der Waals surface area (Å²) in [7, 11) is -5.26. The van der Waals surface area contributed by atoms with Gasteiger partial charge in [0.2, 0.25) is 22.6 Å². The second-order valence-corrected chi connectivity index (χ2v) is 6.79. The number of carbonyl (C=O) groups is 1. The Morgan fingerprint density at radius 2 is 1.93 bits per heavy atom. The van der Waals surface area contributed by atoms with Crippen molar-refractivity contribution < 1.29 is 76.1 Å². The van der Waals surface area contributed by atoms with Crippen LogP contribution in [0.3, 0.4) is 0 Å². The summed E-state index contributed by atoms with van der Waals surface area (Å²) in [6, 6.07) is 3.36. The number of nitrogens with one attached hydrogen (secondary N) is 1. The number of hydrogen-bond acceptors (Lipinski definition) is 11. The third kappa shape index (κ3) is 7.13. The maximum absolute atomic E-state index is 11.4. The zero-order chi connectivity index (χ0) is 21.1. The van der Waals surface area contributed by atoms with E-state index in [0.29, 0.717) is 0 Å². The van der Waals surface area contributed by atoms with Crippen molar-refractivity contribution in [2.75, 3.05) is 6.61 Å². The number of nitro groups is 1. The number of benzene rings is 1. The van der Waals surface area contributed by atoms with Crippen molar-refractivity contribution in [2.45, 2.75) is 37.6 Å². The maximum Gasteiger partial charge on any atom is 1.00 e. The molecule has 29 heavy (non-hydrogen) atoms. The number of ether oxygens (including phenoxy) is 2. The number of non-ortho nitro benzene ring substituents is 1. The van der Waals surface area contributed by atoms with Crippen molar-refractivity contribution in [1.29, 1.82) is 0 Å². The first-order valence-electron chi connectivity index (χ1n) is 7.78. The Bertz CT molecular complexity index is 819. The molecule has 0 saturated carbocycles. The Kier molecular flexibility index (Phi) is 9.39. The van der Waals surface area contributed by atoms with Gasteiger partial charge in [-0.1, -0.05) is 0 Å². The summed E-state index contributed by atoms with van der Waals surface area (Å²) in [5, 5.41) is 32.8. The number of nitrogens with zero attached hydrogens (tertiary/aromatic N) is 1. The number of aliphatic hydroxyl groups excluding tert-OH is 2. The van der Waals surface area contributed by atoms with Crippen molar-refractivity contribution in [3.05, 3.63) is 34.4 Å². The van der Waals surface area contributed by atoms with Gasteiger partial charge in [0.15, 0.2) is 0 Å². The molecule has 5 atom stereocenters. The molecule has 1 saturated heterocycles. The van der Waals surface area contributed by atoms with Crippen LogP contribution in [0.2, 0.25) is 0 Å². The molecule has 156 valence electrons. The molecular weight excluding hydrogens is 427 g/mol. The molecule has 1 aliphatic heterocycles. The maximum atomic E-state index is 11.4. The van der Waals surface area contributed by atoms with Crippen molar-refractivity contribution in [1.82, 2.24) is 5.32 Å². The number of aliphatic hydroxyl groups is 2. The van der Waals surface area contributed by atoms with E-state index in [4.69, 9.17) is 9.47 Å². The average molecular weight is 444 g/mol. The molecule has 1 aromatic rings. The number of rotatable bonds is 7. The van der Waals surface area contributed by atoms with Crippen LogP contribution in [-0.2, 0) is 24.1 Å². The molecule has 1 aliphatic rings. The first kappa shape index (κ1) is 25.7. The van der Waals surface area contributed by atoms with Gasteiger partial charge < -0.3 is 29.6 Å². The Morgan fingerprint density at radius 3 is 2.38 bits per heavy atom. The molecule has 1 heterocycles. The smallest absolute Gasteiger partial charge is 0.726 e. The number of hydrogen-bond donors (Lipinski definition) is 3. The first-order chi connectivity index (χ1) is 13.0. The molecule has 0 unspecified atom stereocenters. The van der Waals surface area contributed by atoms with Gasteiger partial charge in [0, 0.05) is 19.1 Å². The molecule has 1 fully saturated rings. The molecule has 0 radical (unpaired) electrons. The van der Waals surface area contributed by atoms with Gasteiger partial charge >= 0.3 is 29.6 Å². The van der Waals surface area contributed by atoms with Gasteiger partial charge in [-0.3, -0.25) is 19.1 Å². The molecule has 3 N–H and O–H groups in total. The summed E-state index contributed by atoms with van der Waals surface area (Å²) < 4.78 is 47.8. The van der Waals surface area contributed by atoms with Crippen LogP contribution in [0.25, 0.3) is 0 Å². The van der Waals surface area contributed by atoms with Gasteiger partial charge in [-0.15, -0.1) is 0 Å². The van der Waals surface area contributed by atoms with Crippen molar-refractivity contribution in [3.63, 3.8) is 0 Å². The van der Waals surface area contributed by atoms with Gasteiger partial charge in [0.25, 0.3) is 5.69 Å². The molecule has 2 rings (SSSR count). The van der Waals surface area contributed by atoms with E-state index in [1.165, 1.54) is 12.1 Å². The van der Waals surface area contributed by atoms with E-state index in [-0.39, 0.29) is 41.0 Å². The van der Waals surface area contributed by atoms with Crippen molar-refractivity contribution in [2.24, 2.45) is 0 Å². The zero-order valence-corrected chi connectivity index (χ0v) is 18.1. The SMILES string of the molecule is CC(=O)N[C@H]1[C@H](Oc2ccc([N+](=O)[O-])cc2)O[C@H](CO)[C@H](OS(=O)(=O)[O-])[C@@H]1O.[Na+]. The van der Waals surface area contributed by atoms with Crippen LogP contribution in [0.5, 0.6) is 5.75 Å². The third-order valence-electron chi connectivity index (χ3n) is 3.75. The molecular formula is C14H17N2NaO11S. The van der Waals surface area contributed by atoms with Gasteiger partial charge in [0.05, 0.1) is 11.5 Å². The van der Waals surface area contributed by atoms with Gasteiger partial charge in [-0.25, -0.2) is 8.42 Å². The zero-order valence-electron chi connectivity index (χ0n) is 15.3. The predicted molar refractivity (Wildman–Crippen MR) is 87.7 cm³/mol. The van der Waals surface area contributed by atoms with Crippen LogP contribution in [0.15, 0.2) is 24.3 Å². The molecule has 0 aromatic heterocycles. The van der Waals surface area contributed by atoms with Crippen LogP contribution in [-0.4, -0.2) is 71.3 Å². The minimum absolute atomic E-state index is 0. The van der Waals surface area contributed by atoms with E-state index in [1.54, 1.807) is 0 Å². The Morgan fingerprint density at radius 1 is 1.34 bits per heavy atom. The van der Waals surface area contributed by atoms with Crippen LogP contribution < -0.4 is 39.6 Å². The fourth-order valence-corrected chi connectivity index (χ4v) is 3.10. The molecule has 13 nitrogen and oxygen atoms in total. The van der Waals surface area contributed by atoms with Gasteiger partial charge in [-0.05, 0) is 12.1 Å². The molecule has 0 bridgehead atoms. The topological polar surface area (TPSA) is 198 Å². The van der Waals surface area contributed by atoms with Gasteiger partial charge in [-0.2, -0.15) is 0 Å². The van der Waals surface area contributed by atoms with Crippen LogP contribution >= 0.6 is 0 Å². The minimum atomic E-state index is -5.26. The Labute approximate surface area is 187 Å². The van der Waals surface area contributed by atoms with E-state index in [1.807, 2.05) is 0 Å². The monoisotopic (exact) mass is 444 g/mol. The van der Waals surface area contributed by atoms with E-state index in [2.05, 4.69) is 9.50 Å². The van der Waals surface area contributed by atoms with Crippen molar-refractivity contribution >= 4 is 22.0 Å². The van der Waals surface area contributed by atoms with Crippen LogP contribution in [0, 0.1) is 10.1 Å². The Hall–Kier alpha value is -1.36. The fraction of sp³-hybridized carbons (Fsp3) is 0.500. The summed E-state index contributed by atoms with van der Waals surface area (Å²) in [6.45, 7) is 0.262. The first-order valence-corrected chi connectivity index (χ1v) is 9.12. The molecule has 0 spiro atoms. The summed E-state index contributed by atoms with van der Waals surface area (Å²) >= 11 is 0. The van der Waals surface area contributed by atoms with E-state index >= 15 is 0 Å². The average Bonchev–Trinajstić information content (AvgIpc) is 2.59. The fourth-order valence-electron chi connectivity index (χ4n) is 2.59. The van der Waals surface area contributed by atoms with Crippen LogP contribution in [0.1, 0.15) is 6.92 Å². The second-order valence-electron chi connectivity index (χ2n) is 5.78. The normalized spacial score (nSPS) is 26.8. The van der Waals surface area contributed by atoms with Crippen LogP contribution in [0.4, 0.5) is 5.69 Å². The number of amides is 1. The number of nitro benzene ring substituents is 1. The molecule has 1 amide bonds. The summed E-state index contributed by atoms with van der Waals surface area (Å²) in [5.74, 6) is -0.582. The van der Waals surface area contributed by atoms with Gasteiger partial charge in [0.1, 0.15) is 30.1 Å². The minimum Gasteiger partial charge on any atom is -0.726 e.